The molecule has 7 heterocycles. The van der Waals surface area contributed by atoms with E-state index in [0.717, 1.165) is 101 Å². The van der Waals surface area contributed by atoms with Crippen molar-refractivity contribution in [2.45, 2.75) is 76.2 Å². The maximum absolute atomic E-state index is 13.9. The summed E-state index contributed by atoms with van der Waals surface area (Å²) in [6.07, 6.45) is 11.3. The summed E-state index contributed by atoms with van der Waals surface area (Å²) in [5.41, 5.74) is 5.52. The Bertz CT molecular complexity index is 2260. The van der Waals surface area contributed by atoms with Gasteiger partial charge in [0.25, 0.3) is 0 Å². The van der Waals surface area contributed by atoms with E-state index in [4.69, 9.17) is 4.98 Å². The van der Waals surface area contributed by atoms with Crippen LogP contribution >= 0.6 is 11.3 Å². The molecule has 0 bridgehead atoms. The van der Waals surface area contributed by atoms with Gasteiger partial charge in [-0.1, -0.05) is 17.4 Å². The van der Waals surface area contributed by atoms with Gasteiger partial charge in [0, 0.05) is 69.1 Å². The van der Waals surface area contributed by atoms with Gasteiger partial charge in [-0.25, -0.2) is 9.50 Å². The predicted octanol–water partition coefficient (Wildman–Crippen LogP) is 5.53. The zero-order valence-electron chi connectivity index (χ0n) is 30.9. The highest BCUT2D eigenvalue weighted by atomic mass is 32.1. The van der Waals surface area contributed by atoms with Crippen molar-refractivity contribution >= 4 is 46.1 Å². The third-order valence-electron chi connectivity index (χ3n) is 11.4. The normalized spacial score (nSPS) is 20.6. The third kappa shape index (κ3) is 7.26. The largest absolute Gasteiger partial charge is 0.387 e. The molecule has 3 amide bonds. The first-order valence-corrected chi connectivity index (χ1v) is 19.9. The second-order valence-corrected chi connectivity index (χ2v) is 15.6. The molecule has 1 atom stereocenters. The Hall–Kier alpha value is -5.75. The summed E-state index contributed by atoms with van der Waals surface area (Å²) in [5, 5.41) is 30.5. The van der Waals surface area contributed by atoms with Crippen molar-refractivity contribution in [3.05, 3.63) is 71.1 Å². The van der Waals surface area contributed by atoms with Gasteiger partial charge in [0.2, 0.25) is 17.7 Å². The number of carbonyl (C=O) groups is 3. The average molecular weight is 758 g/mol. The predicted molar refractivity (Wildman–Crippen MR) is 208 cm³/mol. The van der Waals surface area contributed by atoms with Crippen LogP contribution < -0.4 is 15.5 Å². The SMILES string of the molecule is CCN(C(=O)C1CCN(c2ccc([C@@H]3CCC(=O)NC3=O)cn2)CC1)C1CCC(c2nnc(-c3cnc(-c4ccc5cc(C#N)cnn45)cc3NC)s2)CC1. The molecule has 0 aromatic carbocycles. The van der Waals surface area contributed by atoms with Gasteiger partial charge in [-0.05, 0) is 87.8 Å². The van der Waals surface area contributed by atoms with Crippen LogP contribution in [0.25, 0.3) is 27.5 Å². The van der Waals surface area contributed by atoms with Crippen LogP contribution in [-0.4, -0.2) is 85.1 Å². The van der Waals surface area contributed by atoms with Crippen LogP contribution in [0.2, 0.25) is 0 Å². The number of fused-ring (bicyclic) bond motifs is 1. The Kier molecular flexibility index (Phi) is 10.2. The summed E-state index contributed by atoms with van der Waals surface area (Å²) in [4.78, 5) is 51.5. The molecule has 14 nitrogen and oxygen atoms in total. The molecule has 8 rings (SSSR count). The number of nitrogens with one attached hydrogen (secondary N) is 2. The standard InChI is InChI=1S/C40H43N11O3S/c1-3-50(40(54)26-14-16-49(17-15-26)35-12-6-27(22-44-35)30-10-13-36(52)46-37(30)53)28-7-4-25(5-8-28)38-47-48-39(55-38)31-23-43-33(19-32(31)42-2)34-11-9-29-18-24(20-41)21-45-51(29)34/h6,9,11-12,18-19,21-23,25-26,28,30H,3-5,7-8,10,13-17H2,1-2H3,(H,42,43)(H,46,52,53)/t25?,28?,30-/m0/s1. The average Bonchev–Trinajstić information content (AvgIpc) is 3.89. The van der Waals surface area contributed by atoms with Crippen molar-refractivity contribution in [2.75, 3.05) is 36.9 Å². The first-order valence-electron chi connectivity index (χ1n) is 19.1. The molecule has 5 aromatic heterocycles. The third-order valence-corrected chi connectivity index (χ3v) is 12.5. The van der Waals surface area contributed by atoms with E-state index >= 15 is 0 Å². The summed E-state index contributed by atoms with van der Waals surface area (Å²) >= 11 is 1.61. The first kappa shape index (κ1) is 36.2. The molecule has 3 fully saturated rings. The van der Waals surface area contributed by atoms with Crippen LogP contribution in [0.1, 0.15) is 86.3 Å². The lowest BCUT2D eigenvalue weighted by Crippen LogP contribution is -2.47. The fourth-order valence-electron chi connectivity index (χ4n) is 8.36. The Morgan fingerprint density at radius 3 is 2.53 bits per heavy atom. The van der Waals surface area contributed by atoms with Gasteiger partial charge in [-0.3, -0.25) is 24.7 Å². The van der Waals surface area contributed by atoms with E-state index in [1.54, 1.807) is 34.3 Å². The van der Waals surface area contributed by atoms with Crippen LogP contribution in [0.3, 0.4) is 0 Å². The van der Waals surface area contributed by atoms with Gasteiger partial charge in [-0.15, -0.1) is 10.2 Å². The zero-order valence-corrected chi connectivity index (χ0v) is 31.8. The number of imide groups is 1. The molecule has 15 heteroatoms. The molecule has 1 aliphatic carbocycles. The molecule has 0 radical (unpaired) electrons. The number of nitriles is 1. The van der Waals surface area contributed by atoms with Crippen molar-refractivity contribution in [2.24, 2.45) is 5.92 Å². The van der Waals surface area contributed by atoms with Crippen LogP contribution in [0.5, 0.6) is 0 Å². The van der Waals surface area contributed by atoms with E-state index in [1.165, 1.54) is 0 Å². The lowest BCUT2D eigenvalue weighted by atomic mass is 9.84. The van der Waals surface area contributed by atoms with Gasteiger partial charge >= 0.3 is 0 Å². The molecule has 0 spiro atoms. The smallest absolute Gasteiger partial charge is 0.234 e. The second kappa shape index (κ2) is 15.5. The van der Waals surface area contributed by atoms with Crippen LogP contribution in [0.15, 0.2) is 55.0 Å². The maximum atomic E-state index is 13.9. The Balaban J connectivity index is 0.856. The maximum Gasteiger partial charge on any atom is 0.234 e. The summed E-state index contributed by atoms with van der Waals surface area (Å²) in [7, 11) is 1.88. The minimum Gasteiger partial charge on any atom is -0.387 e. The van der Waals surface area contributed by atoms with E-state index in [0.29, 0.717) is 30.9 Å². The molecule has 3 aliphatic rings. The molecule has 282 valence electrons. The fourth-order valence-corrected chi connectivity index (χ4v) is 9.39. The molecule has 55 heavy (non-hydrogen) atoms. The van der Waals surface area contributed by atoms with E-state index in [1.807, 2.05) is 43.6 Å². The molecule has 5 aromatic rings. The van der Waals surface area contributed by atoms with E-state index in [-0.39, 0.29) is 35.6 Å². The lowest BCUT2D eigenvalue weighted by Gasteiger charge is -2.40. The highest BCUT2D eigenvalue weighted by Crippen LogP contribution is 2.40. The van der Waals surface area contributed by atoms with Gasteiger partial charge in [-0.2, -0.15) is 10.4 Å². The summed E-state index contributed by atoms with van der Waals surface area (Å²) in [6.45, 7) is 4.29. The van der Waals surface area contributed by atoms with E-state index in [2.05, 4.69) is 53.7 Å². The number of carbonyl (C=O) groups excluding carboxylic acids is 3. The number of hydrogen-bond donors (Lipinski definition) is 2. The van der Waals surface area contributed by atoms with Gasteiger partial charge in [0.15, 0.2) is 5.01 Å². The van der Waals surface area contributed by atoms with Crippen LogP contribution in [0.4, 0.5) is 11.5 Å². The molecule has 2 saturated heterocycles. The Morgan fingerprint density at radius 2 is 1.82 bits per heavy atom. The summed E-state index contributed by atoms with van der Waals surface area (Å²) in [6, 6.07) is 13.9. The molecule has 2 aliphatic heterocycles. The first-order chi connectivity index (χ1) is 26.8. The second-order valence-electron chi connectivity index (χ2n) is 14.6. The number of pyridine rings is 2. The highest BCUT2D eigenvalue weighted by molar-refractivity contribution is 7.14. The molecular formula is C40H43N11O3S. The van der Waals surface area contributed by atoms with E-state index in [9.17, 15) is 19.6 Å². The number of amides is 3. The number of nitrogens with zero attached hydrogens (tertiary/aromatic N) is 9. The monoisotopic (exact) mass is 757 g/mol. The Morgan fingerprint density at radius 1 is 1.00 bits per heavy atom. The number of piperidine rings is 2. The molecule has 0 unspecified atom stereocenters. The van der Waals surface area contributed by atoms with Crippen molar-refractivity contribution in [1.29, 1.82) is 5.26 Å². The number of aromatic nitrogens is 6. The number of anilines is 2. The number of rotatable bonds is 9. The fraction of sp³-hybridized carbons (Fsp3) is 0.425. The van der Waals surface area contributed by atoms with Crippen LogP contribution in [-0.2, 0) is 14.4 Å². The van der Waals surface area contributed by atoms with Crippen molar-refractivity contribution < 1.29 is 14.4 Å². The van der Waals surface area contributed by atoms with Crippen molar-refractivity contribution in [3.8, 4) is 28.0 Å². The van der Waals surface area contributed by atoms with Crippen molar-refractivity contribution in [1.82, 2.24) is 40.0 Å². The van der Waals surface area contributed by atoms with E-state index < -0.39 is 0 Å². The lowest BCUT2D eigenvalue weighted by molar-refractivity contribution is -0.139. The number of hydrogen-bond acceptors (Lipinski definition) is 12. The molecule has 1 saturated carbocycles. The zero-order chi connectivity index (χ0) is 38.1. The Labute approximate surface area is 323 Å². The topological polar surface area (TPSA) is 174 Å². The van der Waals surface area contributed by atoms with Gasteiger partial charge in [0.1, 0.15) is 16.9 Å². The van der Waals surface area contributed by atoms with Crippen LogP contribution in [0, 0.1) is 17.2 Å². The molecule has 2 N–H and O–H groups in total. The highest BCUT2D eigenvalue weighted by Gasteiger charge is 2.35. The minimum absolute atomic E-state index is 0.00660. The summed E-state index contributed by atoms with van der Waals surface area (Å²) < 4.78 is 1.78. The van der Waals surface area contributed by atoms with Crippen molar-refractivity contribution in [3.63, 3.8) is 0 Å². The van der Waals surface area contributed by atoms with Gasteiger partial charge < -0.3 is 15.1 Å². The van der Waals surface area contributed by atoms with Gasteiger partial charge in [0.05, 0.1) is 40.1 Å². The molecular weight excluding hydrogens is 715 g/mol. The summed E-state index contributed by atoms with van der Waals surface area (Å²) in [5.74, 6) is 0.579. The minimum atomic E-state index is -0.348. The quantitative estimate of drug-likeness (QED) is 0.181.